The highest BCUT2D eigenvalue weighted by Gasteiger charge is 2.21. The average molecular weight is 232 g/mol. The van der Waals surface area contributed by atoms with Crippen LogP contribution in [0.5, 0.6) is 0 Å². The van der Waals surface area contributed by atoms with Gasteiger partial charge in [-0.1, -0.05) is 18.2 Å². The molecule has 0 bridgehead atoms. The molecule has 1 aromatic rings. The first-order chi connectivity index (χ1) is 6.52. The standard InChI is InChI=1S/C9H11O4P.H2O/c10-9(11)6-7-14(12,13)8-4-2-1-3-5-8;/h1-5H,6-7H2,(H,10,11)(H,12,13);1H2. The molecule has 0 aliphatic rings. The normalized spacial score (nSPS) is 13.7. The number of hydrogen-bond acceptors (Lipinski definition) is 2. The molecule has 15 heavy (non-hydrogen) atoms. The summed E-state index contributed by atoms with van der Waals surface area (Å²) in [6.45, 7) is 0. The summed E-state index contributed by atoms with van der Waals surface area (Å²) in [4.78, 5) is 19.8. The molecule has 0 aliphatic heterocycles. The molecular formula is C9H13O5P. The van der Waals surface area contributed by atoms with Crippen LogP contribution in [0.2, 0.25) is 0 Å². The third-order valence-corrected chi connectivity index (χ3v) is 3.72. The molecule has 0 heterocycles. The topological polar surface area (TPSA) is 106 Å². The average Bonchev–Trinajstić information content (AvgIpc) is 2.16. The second kappa shape index (κ2) is 5.66. The molecule has 6 heteroatoms. The zero-order chi connectivity index (χ0) is 10.6. The Hall–Kier alpha value is -1.16. The van der Waals surface area contributed by atoms with Crippen LogP contribution >= 0.6 is 7.37 Å². The first-order valence-corrected chi connectivity index (χ1v) is 5.96. The third-order valence-electron chi connectivity index (χ3n) is 1.79. The van der Waals surface area contributed by atoms with Gasteiger partial charge >= 0.3 is 5.97 Å². The number of rotatable bonds is 4. The Morgan fingerprint density at radius 2 is 1.80 bits per heavy atom. The van der Waals surface area contributed by atoms with E-state index in [1.165, 1.54) is 12.1 Å². The second-order valence-electron chi connectivity index (χ2n) is 2.90. The molecule has 0 radical (unpaired) electrons. The summed E-state index contributed by atoms with van der Waals surface area (Å²) in [6.07, 6.45) is -0.505. The van der Waals surface area contributed by atoms with Crippen LogP contribution in [0.25, 0.3) is 0 Å². The number of carboxylic acids is 1. The molecule has 1 rings (SSSR count). The van der Waals surface area contributed by atoms with Crippen molar-refractivity contribution in [2.24, 2.45) is 0 Å². The van der Waals surface area contributed by atoms with Gasteiger partial charge in [-0.15, -0.1) is 0 Å². The Morgan fingerprint density at radius 3 is 2.27 bits per heavy atom. The van der Waals surface area contributed by atoms with E-state index >= 15 is 0 Å². The van der Waals surface area contributed by atoms with Crippen molar-refractivity contribution in [3.8, 4) is 0 Å². The maximum Gasteiger partial charge on any atom is 0.303 e. The molecule has 0 fully saturated rings. The summed E-state index contributed by atoms with van der Waals surface area (Å²) >= 11 is 0. The van der Waals surface area contributed by atoms with Gasteiger partial charge in [0.15, 0.2) is 0 Å². The molecule has 4 N–H and O–H groups in total. The maximum absolute atomic E-state index is 11.6. The van der Waals surface area contributed by atoms with E-state index in [2.05, 4.69) is 0 Å². The number of hydrogen-bond donors (Lipinski definition) is 2. The van der Waals surface area contributed by atoms with Gasteiger partial charge in [0.2, 0.25) is 7.37 Å². The van der Waals surface area contributed by atoms with E-state index in [9.17, 15) is 14.3 Å². The second-order valence-corrected chi connectivity index (χ2v) is 5.27. The maximum atomic E-state index is 11.6. The highest BCUT2D eigenvalue weighted by molar-refractivity contribution is 7.66. The monoisotopic (exact) mass is 232 g/mol. The molecule has 1 atom stereocenters. The number of carbonyl (C=O) groups is 1. The van der Waals surface area contributed by atoms with Gasteiger partial charge in [-0.3, -0.25) is 9.36 Å². The molecule has 1 unspecified atom stereocenters. The molecule has 1 aromatic carbocycles. The molecule has 0 saturated carbocycles. The summed E-state index contributed by atoms with van der Waals surface area (Å²) in [5.74, 6) is -1.06. The molecule has 5 nitrogen and oxygen atoms in total. The molecule has 0 saturated heterocycles. The van der Waals surface area contributed by atoms with Crippen LogP contribution in [-0.4, -0.2) is 27.6 Å². The van der Waals surface area contributed by atoms with Gasteiger partial charge in [0, 0.05) is 11.5 Å². The SMILES string of the molecule is O.O=C(O)CCP(=O)(O)c1ccccc1. The van der Waals surface area contributed by atoms with Gasteiger partial charge in [-0.2, -0.15) is 0 Å². The van der Waals surface area contributed by atoms with Gasteiger partial charge < -0.3 is 15.5 Å². The van der Waals surface area contributed by atoms with E-state index in [0.717, 1.165) is 0 Å². The fourth-order valence-corrected chi connectivity index (χ4v) is 2.43. The van der Waals surface area contributed by atoms with Crippen molar-refractivity contribution in [2.75, 3.05) is 6.16 Å². The van der Waals surface area contributed by atoms with E-state index in [4.69, 9.17) is 5.11 Å². The van der Waals surface area contributed by atoms with E-state index in [0.29, 0.717) is 5.30 Å². The summed E-state index contributed by atoms with van der Waals surface area (Å²) in [6, 6.07) is 8.10. The lowest BCUT2D eigenvalue weighted by atomic mass is 10.4. The van der Waals surface area contributed by atoms with Gasteiger partial charge in [0.25, 0.3) is 0 Å². The summed E-state index contributed by atoms with van der Waals surface area (Å²) in [5.41, 5.74) is 0. The number of carboxylic acid groups (broad SMARTS) is 1. The van der Waals surface area contributed by atoms with Crippen LogP contribution in [0.15, 0.2) is 30.3 Å². The predicted octanol–water partition coefficient (Wildman–Crippen LogP) is 0.232. The minimum Gasteiger partial charge on any atom is -0.481 e. The summed E-state index contributed by atoms with van der Waals surface area (Å²) < 4.78 is 11.6. The van der Waals surface area contributed by atoms with E-state index in [-0.39, 0.29) is 18.1 Å². The molecule has 84 valence electrons. The lowest BCUT2D eigenvalue weighted by Gasteiger charge is -2.09. The summed E-state index contributed by atoms with van der Waals surface area (Å²) in [7, 11) is -3.48. The molecule has 0 spiro atoms. The molecular weight excluding hydrogens is 219 g/mol. The number of aliphatic carboxylic acids is 1. The van der Waals surface area contributed by atoms with Crippen molar-refractivity contribution < 1.29 is 24.8 Å². The largest absolute Gasteiger partial charge is 0.481 e. The minimum atomic E-state index is -3.48. The Kier molecular flexibility index (Phi) is 5.22. The highest BCUT2D eigenvalue weighted by Crippen LogP contribution is 2.39. The fourth-order valence-electron chi connectivity index (χ4n) is 1.04. The first-order valence-electron chi connectivity index (χ1n) is 4.11. The number of benzene rings is 1. The quantitative estimate of drug-likeness (QED) is 0.724. The van der Waals surface area contributed by atoms with E-state index in [1.54, 1.807) is 18.2 Å². The Balaban J connectivity index is 0.00000196. The Morgan fingerprint density at radius 1 is 1.27 bits per heavy atom. The van der Waals surface area contributed by atoms with Crippen LogP contribution < -0.4 is 5.30 Å². The zero-order valence-electron chi connectivity index (χ0n) is 7.96. The molecule has 0 aliphatic carbocycles. The third kappa shape index (κ3) is 4.25. The van der Waals surface area contributed by atoms with Crippen LogP contribution in [0.4, 0.5) is 0 Å². The fraction of sp³-hybridized carbons (Fsp3) is 0.222. The Labute approximate surface area is 87.1 Å². The van der Waals surface area contributed by atoms with Crippen molar-refractivity contribution in [1.82, 2.24) is 0 Å². The van der Waals surface area contributed by atoms with Gasteiger partial charge in [0.1, 0.15) is 0 Å². The zero-order valence-corrected chi connectivity index (χ0v) is 8.85. The highest BCUT2D eigenvalue weighted by atomic mass is 31.2. The summed E-state index contributed by atoms with van der Waals surface area (Å²) in [5, 5.41) is 8.70. The van der Waals surface area contributed by atoms with Crippen molar-refractivity contribution >= 4 is 18.6 Å². The van der Waals surface area contributed by atoms with Crippen molar-refractivity contribution in [1.29, 1.82) is 0 Å². The van der Waals surface area contributed by atoms with Crippen LogP contribution in [0.3, 0.4) is 0 Å². The smallest absolute Gasteiger partial charge is 0.303 e. The van der Waals surface area contributed by atoms with Crippen molar-refractivity contribution in [3.05, 3.63) is 30.3 Å². The van der Waals surface area contributed by atoms with Crippen LogP contribution in [0.1, 0.15) is 6.42 Å². The van der Waals surface area contributed by atoms with E-state index in [1.807, 2.05) is 0 Å². The minimum absolute atomic E-state index is 0. The van der Waals surface area contributed by atoms with Crippen LogP contribution in [-0.2, 0) is 9.36 Å². The Bertz CT molecular complexity index is 362. The first kappa shape index (κ1) is 13.8. The van der Waals surface area contributed by atoms with Gasteiger partial charge in [-0.25, -0.2) is 0 Å². The predicted molar refractivity (Wildman–Crippen MR) is 56.6 cm³/mol. The van der Waals surface area contributed by atoms with Crippen molar-refractivity contribution in [3.63, 3.8) is 0 Å². The van der Waals surface area contributed by atoms with Gasteiger partial charge in [-0.05, 0) is 12.1 Å². The van der Waals surface area contributed by atoms with Crippen molar-refractivity contribution in [2.45, 2.75) is 6.42 Å². The van der Waals surface area contributed by atoms with Gasteiger partial charge in [0.05, 0.1) is 6.42 Å². The van der Waals surface area contributed by atoms with E-state index < -0.39 is 13.3 Å². The van der Waals surface area contributed by atoms with Crippen LogP contribution in [0, 0.1) is 0 Å². The molecule has 0 amide bonds. The lowest BCUT2D eigenvalue weighted by molar-refractivity contribution is -0.136. The lowest BCUT2D eigenvalue weighted by Crippen LogP contribution is -2.09. The molecule has 0 aromatic heterocycles.